The molecule has 0 fully saturated rings. The standard InChI is InChI=1S/C20H19N3O5/c1-28-19(26)13-7-9-14(10-8-13)22-20(27)21-11-4-12-23-17(24)15-5-2-3-6-16(15)18(23)25/h2-3,5-10H,4,11-12H2,1H3,(H2,21,22,27). The Bertz CT molecular complexity index is 889. The minimum atomic E-state index is -0.454. The molecule has 0 atom stereocenters. The van der Waals surface area contributed by atoms with E-state index in [0.717, 1.165) is 0 Å². The SMILES string of the molecule is COC(=O)c1ccc(NC(=O)NCCCN2C(=O)c3ccccc3C2=O)cc1. The van der Waals surface area contributed by atoms with Crippen LogP contribution >= 0.6 is 0 Å². The number of anilines is 1. The number of methoxy groups -OCH3 is 1. The van der Waals surface area contributed by atoms with Gasteiger partial charge < -0.3 is 15.4 Å². The van der Waals surface area contributed by atoms with Gasteiger partial charge in [0.15, 0.2) is 0 Å². The maximum atomic E-state index is 12.2. The van der Waals surface area contributed by atoms with Crippen LogP contribution < -0.4 is 10.6 Å². The molecule has 0 aromatic heterocycles. The molecule has 4 amide bonds. The van der Waals surface area contributed by atoms with Crippen LogP contribution in [0.5, 0.6) is 0 Å². The van der Waals surface area contributed by atoms with E-state index < -0.39 is 12.0 Å². The summed E-state index contributed by atoms with van der Waals surface area (Å²) in [6.45, 7) is 0.514. The highest BCUT2D eigenvalue weighted by atomic mass is 16.5. The van der Waals surface area contributed by atoms with Crippen LogP contribution in [-0.2, 0) is 4.74 Å². The van der Waals surface area contributed by atoms with Gasteiger partial charge in [-0.05, 0) is 42.8 Å². The number of amides is 4. The van der Waals surface area contributed by atoms with Crippen LogP contribution in [0.3, 0.4) is 0 Å². The number of nitrogens with zero attached hydrogens (tertiary/aromatic N) is 1. The Balaban J connectivity index is 1.43. The number of fused-ring (bicyclic) bond motifs is 1. The summed E-state index contributed by atoms with van der Waals surface area (Å²) >= 11 is 0. The molecule has 2 aromatic carbocycles. The number of hydrogen-bond donors (Lipinski definition) is 2. The smallest absolute Gasteiger partial charge is 0.337 e. The lowest BCUT2D eigenvalue weighted by Crippen LogP contribution is -2.35. The predicted octanol–water partition coefficient (Wildman–Crippen LogP) is 2.28. The summed E-state index contributed by atoms with van der Waals surface area (Å²) in [5, 5.41) is 5.30. The summed E-state index contributed by atoms with van der Waals surface area (Å²) in [6.07, 6.45) is 0.431. The number of nitrogens with one attached hydrogen (secondary N) is 2. The van der Waals surface area contributed by atoms with Crippen molar-refractivity contribution in [2.75, 3.05) is 25.5 Å². The molecule has 28 heavy (non-hydrogen) atoms. The van der Waals surface area contributed by atoms with Gasteiger partial charge in [0.25, 0.3) is 11.8 Å². The molecule has 1 aliphatic rings. The molecule has 1 aliphatic heterocycles. The molecule has 3 rings (SSSR count). The van der Waals surface area contributed by atoms with Crippen molar-refractivity contribution < 1.29 is 23.9 Å². The number of urea groups is 1. The zero-order chi connectivity index (χ0) is 20.1. The first-order valence-electron chi connectivity index (χ1n) is 8.69. The molecule has 0 radical (unpaired) electrons. The Morgan fingerprint density at radius 2 is 1.57 bits per heavy atom. The fourth-order valence-electron chi connectivity index (χ4n) is 2.86. The van der Waals surface area contributed by atoms with Crippen molar-refractivity contribution in [2.45, 2.75) is 6.42 Å². The largest absolute Gasteiger partial charge is 0.465 e. The van der Waals surface area contributed by atoms with Crippen molar-refractivity contribution in [3.05, 3.63) is 65.2 Å². The maximum Gasteiger partial charge on any atom is 0.337 e. The third kappa shape index (κ3) is 4.01. The average molecular weight is 381 g/mol. The van der Waals surface area contributed by atoms with E-state index in [1.54, 1.807) is 48.5 Å². The fraction of sp³-hybridized carbons (Fsp3) is 0.200. The summed E-state index contributed by atoms with van der Waals surface area (Å²) in [5.74, 6) is -1.07. The molecule has 144 valence electrons. The van der Waals surface area contributed by atoms with Crippen molar-refractivity contribution in [1.29, 1.82) is 0 Å². The molecule has 0 bridgehead atoms. The Labute approximate surface area is 161 Å². The second-order valence-corrected chi connectivity index (χ2v) is 6.11. The normalized spacial score (nSPS) is 12.5. The molecule has 0 spiro atoms. The zero-order valence-corrected chi connectivity index (χ0v) is 15.2. The van der Waals surface area contributed by atoms with E-state index in [4.69, 9.17) is 0 Å². The van der Waals surface area contributed by atoms with Gasteiger partial charge in [-0.3, -0.25) is 14.5 Å². The molecule has 2 aromatic rings. The van der Waals surface area contributed by atoms with Crippen LogP contribution in [0.15, 0.2) is 48.5 Å². The minimum Gasteiger partial charge on any atom is -0.465 e. The summed E-state index contributed by atoms with van der Waals surface area (Å²) in [7, 11) is 1.30. The van der Waals surface area contributed by atoms with Gasteiger partial charge in [-0.1, -0.05) is 12.1 Å². The Morgan fingerprint density at radius 1 is 0.964 bits per heavy atom. The number of carbonyl (C=O) groups is 4. The van der Waals surface area contributed by atoms with E-state index in [9.17, 15) is 19.2 Å². The third-order valence-electron chi connectivity index (χ3n) is 4.29. The van der Waals surface area contributed by atoms with Gasteiger partial charge in [0, 0.05) is 18.8 Å². The first kappa shape index (κ1) is 19.1. The lowest BCUT2D eigenvalue weighted by atomic mass is 10.1. The van der Waals surface area contributed by atoms with Crippen LogP contribution in [0.1, 0.15) is 37.5 Å². The predicted molar refractivity (Wildman–Crippen MR) is 101 cm³/mol. The molecule has 2 N–H and O–H groups in total. The van der Waals surface area contributed by atoms with Gasteiger partial charge in [0.05, 0.1) is 23.8 Å². The quantitative estimate of drug-likeness (QED) is 0.454. The average Bonchev–Trinajstić information content (AvgIpc) is 2.96. The Morgan fingerprint density at radius 3 is 2.14 bits per heavy atom. The summed E-state index contributed by atoms with van der Waals surface area (Å²) < 4.78 is 4.61. The van der Waals surface area contributed by atoms with E-state index in [0.29, 0.717) is 35.3 Å². The number of benzene rings is 2. The fourth-order valence-corrected chi connectivity index (χ4v) is 2.86. The second-order valence-electron chi connectivity index (χ2n) is 6.11. The number of ether oxygens (including phenoxy) is 1. The second kappa shape index (κ2) is 8.34. The van der Waals surface area contributed by atoms with Crippen molar-refractivity contribution >= 4 is 29.5 Å². The van der Waals surface area contributed by atoms with Crippen molar-refractivity contribution in [3.63, 3.8) is 0 Å². The van der Waals surface area contributed by atoms with Gasteiger partial charge in [0.2, 0.25) is 0 Å². The van der Waals surface area contributed by atoms with Crippen molar-refractivity contribution in [2.24, 2.45) is 0 Å². The highest BCUT2D eigenvalue weighted by Crippen LogP contribution is 2.22. The van der Waals surface area contributed by atoms with Gasteiger partial charge >= 0.3 is 12.0 Å². The number of carbonyl (C=O) groups excluding carboxylic acids is 4. The third-order valence-corrected chi connectivity index (χ3v) is 4.29. The van der Waals surface area contributed by atoms with Crippen LogP contribution in [0.25, 0.3) is 0 Å². The van der Waals surface area contributed by atoms with Crippen LogP contribution in [0, 0.1) is 0 Å². The van der Waals surface area contributed by atoms with Crippen molar-refractivity contribution in [1.82, 2.24) is 10.2 Å². The van der Waals surface area contributed by atoms with Crippen molar-refractivity contribution in [3.8, 4) is 0 Å². The molecule has 0 saturated carbocycles. The van der Waals surface area contributed by atoms with E-state index in [-0.39, 0.29) is 18.4 Å². The number of rotatable bonds is 6. The van der Waals surface area contributed by atoms with Gasteiger partial charge in [0.1, 0.15) is 0 Å². The first-order valence-corrected chi connectivity index (χ1v) is 8.69. The van der Waals surface area contributed by atoms with Gasteiger partial charge in [-0.15, -0.1) is 0 Å². The van der Waals surface area contributed by atoms with E-state index >= 15 is 0 Å². The van der Waals surface area contributed by atoms with E-state index in [1.165, 1.54) is 12.0 Å². The number of hydrogen-bond acceptors (Lipinski definition) is 5. The topological polar surface area (TPSA) is 105 Å². The van der Waals surface area contributed by atoms with Gasteiger partial charge in [-0.2, -0.15) is 0 Å². The zero-order valence-electron chi connectivity index (χ0n) is 15.2. The molecule has 8 heteroatoms. The highest BCUT2D eigenvalue weighted by molar-refractivity contribution is 6.21. The molecule has 0 saturated heterocycles. The lowest BCUT2D eigenvalue weighted by molar-refractivity contribution is 0.0598. The molecule has 1 heterocycles. The molecular formula is C20H19N3O5. The Hall–Kier alpha value is -3.68. The number of imide groups is 1. The summed E-state index contributed by atoms with van der Waals surface area (Å²) in [6, 6.07) is 12.5. The van der Waals surface area contributed by atoms with E-state index in [1.807, 2.05) is 0 Å². The molecule has 8 nitrogen and oxygen atoms in total. The van der Waals surface area contributed by atoms with Crippen LogP contribution in [0.2, 0.25) is 0 Å². The molecular weight excluding hydrogens is 362 g/mol. The highest BCUT2D eigenvalue weighted by Gasteiger charge is 2.34. The van der Waals surface area contributed by atoms with Crippen LogP contribution in [0.4, 0.5) is 10.5 Å². The lowest BCUT2D eigenvalue weighted by Gasteiger charge is -2.14. The number of esters is 1. The molecule has 0 aliphatic carbocycles. The van der Waals surface area contributed by atoms with E-state index in [2.05, 4.69) is 15.4 Å². The molecule has 0 unspecified atom stereocenters. The van der Waals surface area contributed by atoms with Gasteiger partial charge in [-0.25, -0.2) is 9.59 Å². The maximum absolute atomic E-state index is 12.2. The minimum absolute atomic E-state index is 0.223. The first-order chi connectivity index (χ1) is 13.5. The van der Waals surface area contributed by atoms with Crippen LogP contribution in [-0.4, -0.2) is 48.9 Å². The summed E-state index contributed by atoms with van der Waals surface area (Å²) in [4.78, 5) is 49.0. The summed E-state index contributed by atoms with van der Waals surface area (Å²) in [5.41, 5.74) is 1.72. The Kier molecular flexibility index (Phi) is 5.69. The monoisotopic (exact) mass is 381 g/mol.